The first kappa shape index (κ1) is 25.5. The number of halogens is 1. The van der Waals surface area contributed by atoms with Crippen LogP contribution in [0.25, 0.3) is 0 Å². The molecule has 2 N–H and O–H groups in total. The number of carboxylic acid groups (broad SMARTS) is 1. The molecule has 4 rings (SSSR count). The SMILES string of the molecule is O=C(NC1C(C(=O)N2CCC[C@@H](Cc3ccc(F)cc3)C2)CCCN1C(=O)O)OCc1ccccc1. The molecule has 2 aromatic carbocycles. The number of carbonyl (C=O) groups is 3. The summed E-state index contributed by atoms with van der Waals surface area (Å²) < 4.78 is 18.6. The van der Waals surface area contributed by atoms with E-state index in [1.807, 2.05) is 30.3 Å². The maximum atomic E-state index is 13.6. The van der Waals surface area contributed by atoms with Gasteiger partial charge in [-0.25, -0.2) is 14.0 Å². The van der Waals surface area contributed by atoms with Crippen LogP contribution in [0.3, 0.4) is 0 Å². The Morgan fingerprint density at radius 2 is 1.69 bits per heavy atom. The van der Waals surface area contributed by atoms with Crippen LogP contribution in [0.2, 0.25) is 0 Å². The van der Waals surface area contributed by atoms with E-state index in [4.69, 9.17) is 4.74 Å². The number of likely N-dealkylation sites (tertiary alicyclic amines) is 2. The normalized spacial score (nSPS) is 22.1. The van der Waals surface area contributed by atoms with E-state index >= 15 is 0 Å². The Hall–Kier alpha value is -3.62. The summed E-state index contributed by atoms with van der Waals surface area (Å²) in [5.41, 5.74) is 1.82. The lowest BCUT2D eigenvalue weighted by Crippen LogP contribution is -2.61. The van der Waals surface area contributed by atoms with E-state index in [0.29, 0.717) is 25.9 Å². The number of nitrogens with zero attached hydrogens (tertiary/aromatic N) is 2. The largest absolute Gasteiger partial charge is 0.465 e. The van der Waals surface area contributed by atoms with Gasteiger partial charge in [0.2, 0.25) is 5.91 Å². The Morgan fingerprint density at radius 1 is 0.972 bits per heavy atom. The summed E-state index contributed by atoms with van der Waals surface area (Å²) in [6.45, 7) is 1.41. The van der Waals surface area contributed by atoms with Gasteiger partial charge in [-0.1, -0.05) is 42.5 Å². The minimum Gasteiger partial charge on any atom is -0.465 e. The average Bonchev–Trinajstić information content (AvgIpc) is 2.89. The highest BCUT2D eigenvalue weighted by Crippen LogP contribution is 2.28. The average molecular weight is 498 g/mol. The molecule has 2 heterocycles. The molecule has 0 spiro atoms. The molecule has 3 amide bonds. The number of nitrogens with one attached hydrogen (secondary N) is 1. The Morgan fingerprint density at radius 3 is 2.42 bits per heavy atom. The predicted molar refractivity (Wildman–Crippen MR) is 130 cm³/mol. The summed E-state index contributed by atoms with van der Waals surface area (Å²) in [6, 6.07) is 15.6. The fraction of sp³-hybridized carbons (Fsp3) is 0.444. The van der Waals surface area contributed by atoms with Gasteiger partial charge in [-0.3, -0.25) is 9.69 Å². The number of piperidine rings is 2. The third kappa shape index (κ3) is 6.53. The first-order chi connectivity index (χ1) is 17.4. The van der Waals surface area contributed by atoms with Crippen LogP contribution in [0.5, 0.6) is 0 Å². The molecular formula is C27H32FN3O5. The zero-order chi connectivity index (χ0) is 25.5. The minimum absolute atomic E-state index is 0.0439. The lowest BCUT2D eigenvalue weighted by atomic mass is 9.88. The van der Waals surface area contributed by atoms with Crippen LogP contribution in [0, 0.1) is 17.7 Å². The minimum atomic E-state index is -1.19. The summed E-state index contributed by atoms with van der Waals surface area (Å²) in [5.74, 6) is -0.892. The van der Waals surface area contributed by atoms with Crippen LogP contribution in [0.4, 0.5) is 14.0 Å². The van der Waals surface area contributed by atoms with Gasteiger partial charge in [-0.15, -0.1) is 0 Å². The summed E-state index contributed by atoms with van der Waals surface area (Å²) in [6.07, 6.45) is 0.604. The fourth-order valence-electron chi connectivity index (χ4n) is 5.15. The molecule has 2 aliphatic rings. The monoisotopic (exact) mass is 497 g/mol. The predicted octanol–water partition coefficient (Wildman–Crippen LogP) is 4.25. The van der Waals surface area contributed by atoms with Crippen LogP contribution in [0.1, 0.15) is 36.8 Å². The number of rotatable bonds is 6. The summed E-state index contributed by atoms with van der Waals surface area (Å²) in [7, 11) is 0. The zero-order valence-electron chi connectivity index (χ0n) is 20.1. The standard InChI is InChI=1S/C27H32FN3O5/c28-22-12-10-19(11-13-22)16-21-8-4-14-30(17-21)25(32)23-9-5-15-31(27(34)35)24(23)29-26(33)36-18-20-6-2-1-3-7-20/h1-3,6-7,10-13,21,23-24H,4-5,8-9,14-18H2,(H,29,33)(H,34,35)/t21-,23?,24?/m0/s1. The molecule has 2 fully saturated rings. The van der Waals surface area contributed by atoms with E-state index < -0.39 is 24.3 Å². The van der Waals surface area contributed by atoms with Crippen molar-refractivity contribution >= 4 is 18.1 Å². The smallest absolute Gasteiger partial charge is 0.409 e. The highest BCUT2D eigenvalue weighted by Gasteiger charge is 2.42. The van der Waals surface area contributed by atoms with Crippen molar-refractivity contribution in [2.75, 3.05) is 19.6 Å². The quantitative estimate of drug-likeness (QED) is 0.622. The number of ether oxygens (including phenoxy) is 1. The van der Waals surface area contributed by atoms with Gasteiger partial charge in [0.25, 0.3) is 0 Å². The number of benzene rings is 2. The van der Waals surface area contributed by atoms with E-state index in [2.05, 4.69) is 5.32 Å². The van der Waals surface area contributed by atoms with Gasteiger partial charge < -0.3 is 20.1 Å². The van der Waals surface area contributed by atoms with Crippen molar-refractivity contribution in [3.8, 4) is 0 Å². The lowest BCUT2D eigenvalue weighted by Gasteiger charge is -2.42. The van der Waals surface area contributed by atoms with Gasteiger partial charge in [0.1, 0.15) is 18.6 Å². The Labute approximate surface area is 210 Å². The third-order valence-corrected chi connectivity index (χ3v) is 6.94. The van der Waals surface area contributed by atoms with Crippen molar-refractivity contribution in [1.82, 2.24) is 15.1 Å². The maximum absolute atomic E-state index is 13.6. The van der Waals surface area contributed by atoms with E-state index in [1.54, 1.807) is 17.0 Å². The van der Waals surface area contributed by atoms with Crippen LogP contribution in [0.15, 0.2) is 54.6 Å². The number of hydrogen-bond acceptors (Lipinski definition) is 4. The highest BCUT2D eigenvalue weighted by atomic mass is 19.1. The van der Waals surface area contributed by atoms with E-state index in [1.165, 1.54) is 12.1 Å². The zero-order valence-corrected chi connectivity index (χ0v) is 20.1. The van der Waals surface area contributed by atoms with Crippen LogP contribution in [-0.4, -0.2) is 58.8 Å². The van der Waals surface area contributed by atoms with Gasteiger partial charge in [-0.05, 0) is 61.3 Å². The number of amides is 3. The Bertz CT molecular complexity index is 1050. The van der Waals surface area contributed by atoms with Crippen molar-refractivity contribution < 1.29 is 28.6 Å². The lowest BCUT2D eigenvalue weighted by molar-refractivity contribution is -0.141. The molecule has 2 unspecified atom stereocenters. The molecule has 8 nitrogen and oxygen atoms in total. The Balaban J connectivity index is 1.41. The van der Waals surface area contributed by atoms with E-state index in [0.717, 1.165) is 35.3 Å². The van der Waals surface area contributed by atoms with Crippen molar-refractivity contribution in [3.05, 3.63) is 71.5 Å². The molecule has 0 radical (unpaired) electrons. The Kier molecular flexibility index (Phi) is 8.40. The molecule has 3 atom stereocenters. The van der Waals surface area contributed by atoms with E-state index in [9.17, 15) is 23.9 Å². The second-order valence-electron chi connectivity index (χ2n) is 9.50. The topological polar surface area (TPSA) is 99.2 Å². The van der Waals surface area contributed by atoms with Crippen molar-refractivity contribution in [2.24, 2.45) is 11.8 Å². The molecule has 2 aromatic rings. The molecular weight excluding hydrogens is 465 g/mol. The van der Waals surface area contributed by atoms with Gasteiger partial charge >= 0.3 is 12.2 Å². The van der Waals surface area contributed by atoms with Gasteiger partial charge in [0.05, 0.1) is 5.92 Å². The van der Waals surface area contributed by atoms with Crippen LogP contribution >= 0.6 is 0 Å². The molecule has 192 valence electrons. The third-order valence-electron chi connectivity index (χ3n) is 6.94. The van der Waals surface area contributed by atoms with Gasteiger partial charge in [-0.2, -0.15) is 0 Å². The molecule has 0 aliphatic carbocycles. The van der Waals surface area contributed by atoms with E-state index in [-0.39, 0.29) is 30.8 Å². The molecule has 2 saturated heterocycles. The summed E-state index contributed by atoms with van der Waals surface area (Å²) in [4.78, 5) is 41.0. The molecule has 0 bridgehead atoms. The highest BCUT2D eigenvalue weighted by molar-refractivity contribution is 5.82. The maximum Gasteiger partial charge on any atom is 0.409 e. The summed E-state index contributed by atoms with van der Waals surface area (Å²) >= 11 is 0. The van der Waals surface area contributed by atoms with Crippen LogP contribution < -0.4 is 5.32 Å². The van der Waals surface area contributed by atoms with Crippen molar-refractivity contribution in [3.63, 3.8) is 0 Å². The molecule has 36 heavy (non-hydrogen) atoms. The molecule has 9 heteroatoms. The van der Waals surface area contributed by atoms with Gasteiger partial charge in [0.15, 0.2) is 0 Å². The van der Waals surface area contributed by atoms with Gasteiger partial charge in [0, 0.05) is 19.6 Å². The second kappa shape index (κ2) is 11.9. The summed E-state index contributed by atoms with van der Waals surface area (Å²) in [5, 5.41) is 12.4. The molecule has 2 aliphatic heterocycles. The number of hydrogen-bond donors (Lipinski definition) is 2. The van der Waals surface area contributed by atoms with Crippen molar-refractivity contribution in [2.45, 2.75) is 44.9 Å². The molecule has 0 aromatic heterocycles. The second-order valence-corrected chi connectivity index (χ2v) is 9.50. The number of carbonyl (C=O) groups excluding carboxylic acids is 2. The fourth-order valence-corrected chi connectivity index (χ4v) is 5.15. The van der Waals surface area contributed by atoms with Crippen LogP contribution in [-0.2, 0) is 22.6 Å². The first-order valence-corrected chi connectivity index (χ1v) is 12.4. The molecule has 0 saturated carbocycles. The van der Waals surface area contributed by atoms with Crippen molar-refractivity contribution in [1.29, 1.82) is 0 Å². The first-order valence-electron chi connectivity index (χ1n) is 12.4. The number of alkyl carbamates (subject to hydrolysis) is 1.